The highest BCUT2D eigenvalue weighted by Gasteiger charge is 2.37. The van der Waals surface area contributed by atoms with Gasteiger partial charge in [0.05, 0.1) is 0 Å². The van der Waals surface area contributed by atoms with Gasteiger partial charge in [-0.1, -0.05) is 6.92 Å². The summed E-state index contributed by atoms with van der Waals surface area (Å²) in [7, 11) is -1.95. The van der Waals surface area contributed by atoms with Crippen molar-refractivity contribution in [1.29, 1.82) is 0 Å². The van der Waals surface area contributed by atoms with Crippen molar-refractivity contribution in [3.05, 3.63) is 11.6 Å². The van der Waals surface area contributed by atoms with E-state index in [0.717, 1.165) is 11.3 Å². The summed E-state index contributed by atoms with van der Waals surface area (Å²) >= 11 is -1.22. The first-order chi connectivity index (χ1) is 9.86. The zero-order chi connectivity index (χ0) is 15.6. The van der Waals surface area contributed by atoms with E-state index in [4.69, 9.17) is 9.29 Å². The van der Waals surface area contributed by atoms with Gasteiger partial charge in [0.2, 0.25) is 0 Å². The van der Waals surface area contributed by atoms with Crippen molar-refractivity contribution in [1.82, 2.24) is 4.31 Å². The van der Waals surface area contributed by atoms with Crippen LogP contribution in [0.4, 0.5) is 5.00 Å². The maximum absolute atomic E-state index is 12.6. The van der Waals surface area contributed by atoms with E-state index in [0.29, 0.717) is 36.7 Å². The highest BCUT2D eigenvalue weighted by Crippen LogP contribution is 2.41. The third-order valence-corrected chi connectivity index (χ3v) is 7.23. The number of ether oxygens (including phenoxy) is 1. The van der Waals surface area contributed by atoms with Gasteiger partial charge in [0.1, 0.15) is 9.21 Å². The molecule has 0 aromatic carbocycles. The molecule has 7 nitrogen and oxygen atoms in total. The number of anilines is 1. The van der Waals surface area contributed by atoms with Crippen LogP contribution in [0.5, 0.6) is 0 Å². The van der Waals surface area contributed by atoms with Gasteiger partial charge >= 0.3 is 0 Å². The number of rotatable bonds is 6. The zero-order valence-electron chi connectivity index (χ0n) is 11.7. The summed E-state index contributed by atoms with van der Waals surface area (Å²) in [4.78, 5) is 0. The standard InChI is InChI=1S/C11H18N2O5S3/c1-8-7-13(4-3-5-18-2)21(16,17)11-9(8)6-10(19-11)12-20(14)15/h6,8,12H,3-5,7H2,1-2H3,(H,14,15)/t8-/m1/s1. The Kier molecular flexibility index (Phi) is 5.38. The molecule has 0 saturated heterocycles. The molecular formula is C11H18N2O5S3. The minimum atomic E-state index is -3.54. The summed E-state index contributed by atoms with van der Waals surface area (Å²) in [5.41, 5.74) is 0.705. The second kappa shape index (κ2) is 6.71. The van der Waals surface area contributed by atoms with Gasteiger partial charge in [0, 0.05) is 26.8 Å². The fourth-order valence-electron chi connectivity index (χ4n) is 2.29. The predicted molar refractivity (Wildman–Crippen MR) is 82.4 cm³/mol. The molecule has 1 aromatic rings. The van der Waals surface area contributed by atoms with Crippen LogP contribution in [0, 0.1) is 0 Å². The molecule has 0 saturated carbocycles. The largest absolute Gasteiger partial charge is 0.385 e. The van der Waals surface area contributed by atoms with Crippen LogP contribution in [-0.4, -0.2) is 48.3 Å². The molecule has 1 aromatic heterocycles. The van der Waals surface area contributed by atoms with Crippen molar-refractivity contribution in [2.75, 3.05) is 31.5 Å². The van der Waals surface area contributed by atoms with Crippen LogP contribution >= 0.6 is 11.3 Å². The first-order valence-electron chi connectivity index (χ1n) is 6.36. The lowest BCUT2D eigenvalue weighted by Gasteiger charge is -2.30. The highest BCUT2D eigenvalue weighted by atomic mass is 32.2. The number of sulfonamides is 1. The smallest absolute Gasteiger partial charge is 0.259 e. The van der Waals surface area contributed by atoms with Gasteiger partial charge in [0.15, 0.2) is 0 Å². The number of fused-ring (bicyclic) bond motifs is 1. The van der Waals surface area contributed by atoms with Gasteiger partial charge in [-0.2, -0.15) is 4.31 Å². The van der Waals surface area contributed by atoms with E-state index < -0.39 is 21.3 Å². The molecule has 21 heavy (non-hydrogen) atoms. The molecule has 0 amide bonds. The molecule has 2 N–H and O–H groups in total. The molecule has 1 unspecified atom stereocenters. The topological polar surface area (TPSA) is 95.9 Å². The zero-order valence-corrected chi connectivity index (χ0v) is 14.2. The maximum atomic E-state index is 12.6. The lowest BCUT2D eigenvalue weighted by molar-refractivity contribution is 0.186. The Balaban J connectivity index is 2.28. The predicted octanol–water partition coefficient (Wildman–Crippen LogP) is 1.44. The van der Waals surface area contributed by atoms with Crippen LogP contribution in [0.15, 0.2) is 10.3 Å². The first-order valence-corrected chi connectivity index (χ1v) is 9.73. The molecule has 0 radical (unpaired) electrons. The van der Waals surface area contributed by atoms with Crippen molar-refractivity contribution in [3.63, 3.8) is 0 Å². The average molecular weight is 354 g/mol. The normalized spacial score (nSPS) is 22.7. The van der Waals surface area contributed by atoms with E-state index >= 15 is 0 Å². The van der Waals surface area contributed by atoms with E-state index in [2.05, 4.69) is 4.72 Å². The van der Waals surface area contributed by atoms with E-state index in [1.54, 1.807) is 13.2 Å². The van der Waals surface area contributed by atoms with E-state index in [1.165, 1.54) is 4.31 Å². The summed E-state index contributed by atoms with van der Waals surface area (Å²) in [6, 6.07) is 1.64. The monoisotopic (exact) mass is 354 g/mol. The second-order valence-corrected chi connectivity index (χ2v) is 8.70. The molecule has 10 heteroatoms. The maximum Gasteiger partial charge on any atom is 0.259 e. The van der Waals surface area contributed by atoms with E-state index in [1.807, 2.05) is 6.92 Å². The first kappa shape index (κ1) is 16.8. The Morgan fingerprint density at radius 3 is 2.95 bits per heavy atom. The van der Waals surface area contributed by atoms with Crippen molar-refractivity contribution >= 4 is 37.6 Å². The minimum absolute atomic E-state index is 0.0463. The molecule has 1 aliphatic heterocycles. The molecule has 0 fully saturated rings. The van der Waals surface area contributed by atoms with Crippen LogP contribution < -0.4 is 4.72 Å². The Bertz CT molecular complexity index is 628. The number of nitrogens with zero attached hydrogens (tertiary/aromatic N) is 1. The minimum Gasteiger partial charge on any atom is -0.385 e. The summed E-state index contributed by atoms with van der Waals surface area (Å²) in [5, 5.41) is 0.384. The third kappa shape index (κ3) is 3.63. The van der Waals surface area contributed by atoms with Crippen LogP contribution in [-0.2, 0) is 26.0 Å². The fraction of sp³-hybridized carbons (Fsp3) is 0.636. The molecule has 2 heterocycles. The van der Waals surface area contributed by atoms with Crippen LogP contribution in [0.25, 0.3) is 0 Å². The van der Waals surface area contributed by atoms with Gasteiger partial charge in [0.25, 0.3) is 21.3 Å². The lowest BCUT2D eigenvalue weighted by atomic mass is 10.0. The van der Waals surface area contributed by atoms with Crippen molar-refractivity contribution in [2.24, 2.45) is 0 Å². The SMILES string of the molecule is COCCCN1C[C@@H](C)c2cc(NS(=O)O)sc2S1(=O)=O. The number of methoxy groups -OCH3 is 1. The van der Waals surface area contributed by atoms with Crippen molar-refractivity contribution < 1.29 is 21.9 Å². The van der Waals surface area contributed by atoms with Crippen LogP contribution in [0.1, 0.15) is 24.8 Å². The highest BCUT2D eigenvalue weighted by molar-refractivity contribution is 7.91. The van der Waals surface area contributed by atoms with E-state index in [-0.39, 0.29) is 10.1 Å². The molecule has 0 spiro atoms. The Morgan fingerprint density at radius 1 is 1.62 bits per heavy atom. The van der Waals surface area contributed by atoms with Crippen molar-refractivity contribution in [2.45, 2.75) is 23.5 Å². The van der Waals surface area contributed by atoms with Crippen LogP contribution in [0.3, 0.4) is 0 Å². The van der Waals surface area contributed by atoms with E-state index in [9.17, 15) is 12.6 Å². The number of hydrogen-bond donors (Lipinski definition) is 2. The van der Waals surface area contributed by atoms with Gasteiger partial charge in [-0.25, -0.2) is 12.6 Å². The van der Waals surface area contributed by atoms with Gasteiger partial charge in [-0.15, -0.1) is 11.3 Å². The third-order valence-electron chi connectivity index (χ3n) is 3.25. The fourth-order valence-corrected chi connectivity index (χ4v) is 6.25. The summed E-state index contributed by atoms with van der Waals surface area (Å²) in [5.74, 6) is 0.0463. The average Bonchev–Trinajstić information content (AvgIpc) is 2.80. The van der Waals surface area contributed by atoms with Gasteiger partial charge in [-0.3, -0.25) is 9.27 Å². The second-order valence-electron chi connectivity index (χ2n) is 4.82. The van der Waals surface area contributed by atoms with Gasteiger partial charge in [-0.05, 0) is 24.0 Å². The molecule has 0 bridgehead atoms. The number of thiophene rings is 1. The number of hydrogen-bond acceptors (Lipinski definition) is 5. The molecule has 2 rings (SSSR count). The molecule has 2 atom stereocenters. The molecule has 1 aliphatic rings. The summed E-state index contributed by atoms with van der Waals surface area (Å²) in [6.45, 7) is 3.28. The lowest BCUT2D eigenvalue weighted by Crippen LogP contribution is -2.39. The van der Waals surface area contributed by atoms with Crippen LogP contribution in [0.2, 0.25) is 0 Å². The van der Waals surface area contributed by atoms with Crippen molar-refractivity contribution in [3.8, 4) is 0 Å². The summed E-state index contributed by atoms with van der Waals surface area (Å²) < 4.78 is 53.8. The number of nitrogens with one attached hydrogen (secondary N) is 1. The quantitative estimate of drug-likeness (QED) is 0.595. The van der Waals surface area contributed by atoms with Gasteiger partial charge < -0.3 is 4.74 Å². The summed E-state index contributed by atoms with van der Waals surface area (Å²) in [6.07, 6.45) is 0.634. The Hall–Kier alpha value is -0.520. The molecule has 0 aliphatic carbocycles. The molecule has 120 valence electrons. The Morgan fingerprint density at radius 2 is 2.33 bits per heavy atom. The molecular weight excluding hydrogens is 336 g/mol. The Labute approximate surface area is 130 Å².